The van der Waals surface area contributed by atoms with Gasteiger partial charge in [-0.2, -0.15) is 0 Å². The minimum Gasteiger partial charge on any atom is -0.484 e. The van der Waals surface area contributed by atoms with E-state index in [1.165, 1.54) is 24.3 Å². The molecule has 0 aliphatic rings. The fraction of sp³-hybridized carbons (Fsp3) is 0.0952. The summed E-state index contributed by atoms with van der Waals surface area (Å²) in [6.45, 7) is -0.670. The van der Waals surface area contributed by atoms with Crippen molar-refractivity contribution in [2.75, 3.05) is 13.2 Å². The number of thiocarbonyl (C=S) groups is 1. The van der Waals surface area contributed by atoms with Gasteiger partial charge in [0.1, 0.15) is 11.5 Å². The third-order valence-corrected chi connectivity index (χ3v) is 5.19. The topological polar surface area (TPSA) is 132 Å². The standard InChI is InChI=1S/C21H17BrN4O6S/c22-20-16-4-2-1-3-13(16)5-10-17(20)32-11-18(27)23-21(33)25-24-19(28)12-31-15-8-6-14(7-9-15)26(29)30/h1-10H,11-12H2,(H,24,28)(H2,23,25,27,33). The number of nitro benzene ring substituents is 1. The summed E-state index contributed by atoms with van der Waals surface area (Å²) in [6.07, 6.45) is 0. The Morgan fingerprint density at radius 1 is 0.939 bits per heavy atom. The predicted octanol–water partition coefficient (Wildman–Crippen LogP) is 2.99. The van der Waals surface area contributed by atoms with Crippen molar-refractivity contribution in [2.24, 2.45) is 0 Å². The fourth-order valence-corrected chi connectivity index (χ4v) is 3.41. The lowest BCUT2D eigenvalue weighted by atomic mass is 10.1. The van der Waals surface area contributed by atoms with E-state index in [-0.39, 0.29) is 29.8 Å². The number of fused-ring (bicyclic) bond motifs is 1. The molecular formula is C21H17BrN4O6S. The SMILES string of the molecule is O=C(COc1ccc([N+](=O)[O-])cc1)NNC(=S)NC(=O)COc1ccc2ccccc2c1Br. The predicted molar refractivity (Wildman–Crippen MR) is 128 cm³/mol. The smallest absolute Gasteiger partial charge is 0.276 e. The van der Waals surface area contributed by atoms with E-state index in [9.17, 15) is 19.7 Å². The van der Waals surface area contributed by atoms with Gasteiger partial charge in [0.15, 0.2) is 18.3 Å². The zero-order chi connectivity index (χ0) is 23.8. The molecule has 3 aromatic rings. The van der Waals surface area contributed by atoms with E-state index in [4.69, 9.17) is 21.7 Å². The Balaban J connectivity index is 1.38. The molecule has 0 radical (unpaired) electrons. The lowest BCUT2D eigenvalue weighted by Gasteiger charge is -2.13. The highest BCUT2D eigenvalue weighted by molar-refractivity contribution is 9.10. The van der Waals surface area contributed by atoms with E-state index in [2.05, 4.69) is 32.1 Å². The van der Waals surface area contributed by atoms with Crippen molar-refractivity contribution >= 4 is 61.5 Å². The Morgan fingerprint density at radius 3 is 2.36 bits per heavy atom. The van der Waals surface area contributed by atoms with E-state index in [0.717, 1.165) is 15.2 Å². The van der Waals surface area contributed by atoms with Crippen molar-refractivity contribution < 1.29 is 24.0 Å². The van der Waals surface area contributed by atoms with Gasteiger partial charge < -0.3 is 9.47 Å². The molecule has 170 valence electrons. The molecule has 0 spiro atoms. The fourth-order valence-electron chi connectivity index (χ4n) is 2.64. The molecule has 0 unspecified atom stereocenters. The number of nitrogens with one attached hydrogen (secondary N) is 3. The lowest BCUT2D eigenvalue weighted by Crippen LogP contribution is -2.50. The summed E-state index contributed by atoms with van der Waals surface area (Å²) in [5.41, 5.74) is 4.55. The third-order valence-electron chi connectivity index (χ3n) is 4.17. The molecule has 0 atom stereocenters. The van der Waals surface area contributed by atoms with Crippen LogP contribution in [0.25, 0.3) is 10.8 Å². The van der Waals surface area contributed by atoms with Gasteiger partial charge >= 0.3 is 0 Å². The first-order chi connectivity index (χ1) is 15.8. The number of carbonyl (C=O) groups is 2. The molecule has 0 bridgehead atoms. The number of hydrogen-bond donors (Lipinski definition) is 3. The van der Waals surface area contributed by atoms with Gasteiger partial charge in [0.2, 0.25) is 0 Å². The van der Waals surface area contributed by atoms with E-state index in [1.54, 1.807) is 6.07 Å². The number of amides is 2. The summed E-state index contributed by atoms with van der Waals surface area (Å²) in [5, 5.41) is 14.8. The largest absolute Gasteiger partial charge is 0.484 e. The minimum absolute atomic E-state index is 0.0912. The van der Waals surface area contributed by atoms with Gasteiger partial charge in [0.05, 0.1) is 9.40 Å². The molecule has 0 fully saturated rings. The highest BCUT2D eigenvalue weighted by Gasteiger charge is 2.11. The Kier molecular flexibility index (Phi) is 8.11. The van der Waals surface area contributed by atoms with Crippen LogP contribution in [0.4, 0.5) is 5.69 Å². The average Bonchev–Trinajstić information content (AvgIpc) is 2.81. The molecule has 0 heterocycles. The van der Waals surface area contributed by atoms with Crippen LogP contribution in [0.5, 0.6) is 11.5 Å². The number of rotatable bonds is 7. The first-order valence-corrected chi connectivity index (χ1v) is 10.6. The van der Waals surface area contributed by atoms with E-state index < -0.39 is 16.7 Å². The molecule has 0 aliphatic carbocycles. The Labute approximate surface area is 201 Å². The van der Waals surface area contributed by atoms with Gasteiger partial charge in [-0.15, -0.1) is 0 Å². The number of hydrazine groups is 1. The Bertz CT molecular complexity index is 1210. The molecule has 0 aliphatic heterocycles. The summed E-state index contributed by atoms with van der Waals surface area (Å²) in [5.74, 6) is -0.326. The minimum atomic E-state index is -0.582. The summed E-state index contributed by atoms with van der Waals surface area (Å²) >= 11 is 8.44. The van der Waals surface area contributed by atoms with E-state index in [0.29, 0.717) is 5.75 Å². The second-order valence-corrected chi connectivity index (χ2v) is 7.68. The second-order valence-electron chi connectivity index (χ2n) is 6.48. The highest BCUT2D eigenvalue weighted by atomic mass is 79.9. The normalized spacial score (nSPS) is 10.2. The molecule has 0 saturated carbocycles. The zero-order valence-electron chi connectivity index (χ0n) is 16.9. The van der Waals surface area contributed by atoms with Crippen LogP contribution in [0, 0.1) is 10.1 Å². The van der Waals surface area contributed by atoms with Crippen LogP contribution in [-0.4, -0.2) is 35.1 Å². The van der Waals surface area contributed by atoms with Gasteiger partial charge in [-0.25, -0.2) is 0 Å². The number of nitrogens with zero attached hydrogens (tertiary/aromatic N) is 1. The second kappa shape index (κ2) is 11.2. The van der Waals surface area contributed by atoms with Crippen molar-refractivity contribution in [3.05, 3.63) is 75.3 Å². The maximum atomic E-state index is 12.1. The van der Waals surface area contributed by atoms with Gasteiger partial charge in [0, 0.05) is 12.1 Å². The van der Waals surface area contributed by atoms with Crippen molar-refractivity contribution in [3.8, 4) is 11.5 Å². The van der Waals surface area contributed by atoms with Crippen molar-refractivity contribution in [1.82, 2.24) is 16.2 Å². The molecule has 0 saturated heterocycles. The lowest BCUT2D eigenvalue weighted by molar-refractivity contribution is -0.384. The number of nitro groups is 1. The van der Waals surface area contributed by atoms with Crippen LogP contribution >= 0.6 is 28.1 Å². The van der Waals surface area contributed by atoms with Crippen LogP contribution in [0.1, 0.15) is 0 Å². The van der Waals surface area contributed by atoms with Gasteiger partial charge in [-0.05, 0) is 57.1 Å². The first-order valence-electron chi connectivity index (χ1n) is 9.39. The number of non-ortho nitro benzene ring substituents is 1. The Hall–Kier alpha value is -3.77. The van der Waals surface area contributed by atoms with Crippen LogP contribution in [0.15, 0.2) is 65.1 Å². The molecule has 10 nitrogen and oxygen atoms in total. The first kappa shape index (κ1) is 23.9. The summed E-state index contributed by atoms with van der Waals surface area (Å²) in [7, 11) is 0. The van der Waals surface area contributed by atoms with E-state index >= 15 is 0 Å². The third kappa shape index (κ3) is 6.85. The van der Waals surface area contributed by atoms with Crippen LogP contribution < -0.4 is 25.6 Å². The molecule has 3 rings (SSSR count). The monoisotopic (exact) mass is 532 g/mol. The molecule has 3 aromatic carbocycles. The number of benzene rings is 3. The zero-order valence-corrected chi connectivity index (χ0v) is 19.3. The van der Waals surface area contributed by atoms with Crippen molar-refractivity contribution in [2.45, 2.75) is 0 Å². The molecule has 0 aromatic heterocycles. The quantitative estimate of drug-likeness (QED) is 0.240. The Morgan fingerprint density at radius 2 is 1.64 bits per heavy atom. The van der Waals surface area contributed by atoms with E-state index in [1.807, 2.05) is 30.3 Å². The number of ether oxygens (including phenoxy) is 2. The van der Waals surface area contributed by atoms with Gasteiger partial charge in [-0.3, -0.25) is 35.9 Å². The maximum Gasteiger partial charge on any atom is 0.276 e. The summed E-state index contributed by atoms with van der Waals surface area (Å²) in [4.78, 5) is 34.0. The number of hydrogen-bond acceptors (Lipinski definition) is 7. The average molecular weight is 533 g/mol. The van der Waals surface area contributed by atoms with Crippen LogP contribution in [-0.2, 0) is 9.59 Å². The molecule has 12 heteroatoms. The van der Waals surface area contributed by atoms with Crippen LogP contribution in [0.3, 0.4) is 0 Å². The maximum absolute atomic E-state index is 12.1. The van der Waals surface area contributed by atoms with Gasteiger partial charge in [-0.1, -0.05) is 30.3 Å². The molecule has 2 amide bonds. The van der Waals surface area contributed by atoms with Crippen molar-refractivity contribution in [1.29, 1.82) is 0 Å². The number of carbonyl (C=O) groups excluding carboxylic acids is 2. The molecule has 33 heavy (non-hydrogen) atoms. The summed E-state index contributed by atoms with van der Waals surface area (Å²) < 4.78 is 11.5. The molecular weight excluding hydrogens is 516 g/mol. The molecule has 3 N–H and O–H groups in total. The number of halogens is 1. The van der Waals surface area contributed by atoms with Crippen molar-refractivity contribution in [3.63, 3.8) is 0 Å². The van der Waals surface area contributed by atoms with Crippen LogP contribution in [0.2, 0.25) is 0 Å². The van der Waals surface area contributed by atoms with Gasteiger partial charge in [0.25, 0.3) is 17.5 Å². The summed E-state index contributed by atoms with van der Waals surface area (Å²) in [6, 6.07) is 16.6. The highest BCUT2D eigenvalue weighted by Crippen LogP contribution is 2.32.